The Balaban J connectivity index is 2.68. The quantitative estimate of drug-likeness (QED) is 0.793. The summed E-state index contributed by atoms with van der Waals surface area (Å²) in [6.45, 7) is 3.36. The maximum Gasteiger partial charge on any atom is 0.143 e. The summed E-state index contributed by atoms with van der Waals surface area (Å²) in [4.78, 5) is 4.41. The molecule has 0 amide bonds. The van der Waals surface area contributed by atoms with E-state index in [9.17, 15) is 5.11 Å². The van der Waals surface area contributed by atoms with Crippen LogP contribution in [0.15, 0.2) is 18.2 Å². The van der Waals surface area contributed by atoms with E-state index in [0.717, 1.165) is 24.3 Å². The highest BCUT2D eigenvalue weighted by Gasteiger charge is 2.10. The predicted octanol–water partition coefficient (Wildman–Crippen LogP) is 1.26. The predicted molar refractivity (Wildman–Crippen MR) is 59.8 cm³/mol. The van der Waals surface area contributed by atoms with E-state index in [1.165, 1.54) is 0 Å². The molecule has 0 radical (unpaired) electrons. The Morgan fingerprint density at radius 3 is 2.93 bits per heavy atom. The highest BCUT2D eigenvalue weighted by atomic mass is 16.3. The lowest BCUT2D eigenvalue weighted by Gasteiger charge is -2.05. The Morgan fingerprint density at radius 1 is 1.47 bits per heavy atom. The smallest absolute Gasteiger partial charge is 0.143 e. The van der Waals surface area contributed by atoms with E-state index in [0.29, 0.717) is 12.1 Å². The van der Waals surface area contributed by atoms with Gasteiger partial charge in [0.05, 0.1) is 5.52 Å². The molecule has 0 aliphatic rings. The van der Waals surface area contributed by atoms with Crippen LogP contribution < -0.4 is 5.73 Å². The number of nitrogens with zero attached hydrogens (tertiary/aromatic N) is 2. The summed E-state index contributed by atoms with van der Waals surface area (Å²) in [6.07, 6.45) is 0.841. The average molecular weight is 205 g/mol. The van der Waals surface area contributed by atoms with Gasteiger partial charge in [-0.2, -0.15) is 0 Å². The molecule has 15 heavy (non-hydrogen) atoms. The van der Waals surface area contributed by atoms with E-state index in [-0.39, 0.29) is 5.75 Å². The summed E-state index contributed by atoms with van der Waals surface area (Å²) >= 11 is 0. The number of rotatable bonds is 3. The van der Waals surface area contributed by atoms with Crippen molar-refractivity contribution in [2.45, 2.75) is 19.9 Å². The molecule has 4 heteroatoms. The molecule has 1 aromatic heterocycles. The summed E-state index contributed by atoms with van der Waals surface area (Å²) in [5.74, 6) is 1.20. The van der Waals surface area contributed by atoms with Gasteiger partial charge >= 0.3 is 0 Å². The largest absolute Gasteiger partial charge is 0.506 e. The van der Waals surface area contributed by atoms with Crippen molar-refractivity contribution in [3.8, 4) is 5.75 Å². The second-order valence-corrected chi connectivity index (χ2v) is 3.47. The molecule has 1 aromatic carbocycles. The fourth-order valence-corrected chi connectivity index (χ4v) is 1.83. The third kappa shape index (κ3) is 1.57. The number of phenolic OH excluding ortho intramolecular Hbond substituents is 1. The first-order valence-electron chi connectivity index (χ1n) is 5.15. The first-order chi connectivity index (χ1) is 7.27. The number of aryl methyl sites for hydroxylation is 1. The van der Waals surface area contributed by atoms with Gasteiger partial charge in [0.1, 0.15) is 17.1 Å². The molecule has 0 unspecified atom stereocenters. The zero-order valence-corrected chi connectivity index (χ0v) is 8.77. The average Bonchev–Trinajstić information content (AvgIpc) is 2.59. The van der Waals surface area contributed by atoms with E-state index in [2.05, 4.69) is 9.55 Å². The van der Waals surface area contributed by atoms with Crippen molar-refractivity contribution in [1.82, 2.24) is 9.55 Å². The molecule has 0 saturated carbocycles. The van der Waals surface area contributed by atoms with Crippen LogP contribution in [0.3, 0.4) is 0 Å². The van der Waals surface area contributed by atoms with E-state index < -0.39 is 0 Å². The van der Waals surface area contributed by atoms with Crippen molar-refractivity contribution in [2.24, 2.45) is 5.73 Å². The molecule has 0 atom stereocenters. The van der Waals surface area contributed by atoms with Crippen LogP contribution in [0.1, 0.15) is 12.7 Å². The lowest BCUT2D eigenvalue weighted by molar-refractivity contribution is 0.480. The third-order valence-corrected chi connectivity index (χ3v) is 2.51. The Hall–Kier alpha value is -1.55. The van der Waals surface area contributed by atoms with Crippen LogP contribution in [-0.2, 0) is 13.0 Å². The number of fused-ring (bicyclic) bond motifs is 1. The molecule has 0 aliphatic carbocycles. The fraction of sp³-hybridized carbons (Fsp3) is 0.364. The number of imidazole rings is 1. The number of benzene rings is 1. The third-order valence-electron chi connectivity index (χ3n) is 2.51. The van der Waals surface area contributed by atoms with Gasteiger partial charge in [0.25, 0.3) is 0 Å². The lowest BCUT2D eigenvalue weighted by Crippen LogP contribution is -2.12. The number of hydrogen-bond acceptors (Lipinski definition) is 3. The van der Waals surface area contributed by atoms with Crippen molar-refractivity contribution in [1.29, 1.82) is 0 Å². The van der Waals surface area contributed by atoms with Crippen molar-refractivity contribution in [3.05, 3.63) is 24.0 Å². The minimum atomic E-state index is 0.234. The standard InChI is InChI=1S/C11H15N3O/c1-2-10-13-11-8(14(10)7-6-12)4-3-5-9(11)15/h3-5,15H,2,6-7,12H2,1H3. The molecule has 0 aliphatic heterocycles. The topological polar surface area (TPSA) is 64.1 Å². The first-order valence-corrected chi connectivity index (χ1v) is 5.15. The zero-order valence-electron chi connectivity index (χ0n) is 8.77. The summed E-state index contributed by atoms with van der Waals surface area (Å²) in [7, 11) is 0. The Labute approximate surface area is 88.3 Å². The van der Waals surface area contributed by atoms with Crippen LogP contribution in [0.4, 0.5) is 0 Å². The summed E-state index contributed by atoms with van der Waals surface area (Å²) in [5, 5.41) is 9.67. The number of aromatic hydroxyl groups is 1. The molecule has 1 heterocycles. The van der Waals surface area contributed by atoms with Crippen LogP contribution in [0.25, 0.3) is 11.0 Å². The summed E-state index contributed by atoms with van der Waals surface area (Å²) < 4.78 is 2.06. The normalized spacial score (nSPS) is 11.1. The highest BCUT2D eigenvalue weighted by Crippen LogP contribution is 2.24. The molecule has 0 bridgehead atoms. The highest BCUT2D eigenvalue weighted by molar-refractivity contribution is 5.82. The second kappa shape index (κ2) is 3.90. The maximum atomic E-state index is 9.67. The van der Waals surface area contributed by atoms with E-state index in [1.807, 2.05) is 19.1 Å². The minimum absolute atomic E-state index is 0.234. The molecule has 4 nitrogen and oxygen atoms in total. The van der Waals surface area contributed by atoms with Gasteiger partial charge in [-0.25, -0.2) is 4.98 Å². The van der Waals surface area contributed by atoms with Crippen molar-refractivity contribution >= 4 is 11.0 Å². The molecular formula is C11H15N3O. The Bertz CT molecular complexity index is 476. The number of aromatic nitrogens is 2. The molecule has 2 aromatic rings. The monoisotopic (exact) mass is 205 g/mol. The van der Waals surface area contributed by atoms with Crippen LogP contribution >= 0.6 is 0 Å². The van der Waals surface area contributed by atoms with Crippen LogP contribution in [0, 0.1) is 0 Å². The van der Waals surface area contributed by atoms with Gasteiger partial charge in [0.2, 0.25) is 0 Å². The van der Waals surface area contributed by atoms with Gasteiger partial charge in [-0.1, -0.05) is 13.0 Å². The van der Waals surface area contributed by atoms with Gasteiger partial charge in [-0.3, -0.25) is 0 Å². The Morgan fingerprint density at radius 2 is 2.27 bits per heavy atom. The van der Waals surface area contributed by atoms with Gasteiger partial charge in [-0.15, -0.1) is 0 Å². The zero-order chi connectivity index (χ0) is 10.8. The van der Waals surface area contributed by atoms with Crippen molar-refractivity contribution in [2.75, 3.05) is 6.54 Å². The number of para-hydroxylation sites is 1. The van der Waals surface area contributed by atoms with Crippen molar-refractivity contribution < 1.29 is 5.11 Å². The molecule has 0 fully saturated rings. The molecule has 0 saturated heterocycles. The summed E-state index contributed by atoms with van der Waals surface area (Å²) in [5.41, 5.74) is 7.19. The van der Waals surface area contributed by atoms with Gasteiger partial charge in [0, 0.05) is 19.5 Å². The lowest BCUT2D eigenvalue weighted by atomic mass is 10.3. The molecular weight excluding hydrogens is 190 g/mol. The number of hydrogen-bond donors (Lipinski definition) is 2. The van der Waals surface area contributed by atoms with Gasteiger partial charge < -0.3 is 15.4 Å². The van der Waals surface area contributed by atoms with Crippen LogP contribution in [-0.4, -0.2) is 21.2 Å². The number of phenols is 1. The van der Waals surface area contributed by atoms with Crippen molar-refractivity contribution in [3.63, 3.8) is 0 Å². The SMILES string of the molecule is CCc1nc2c(O)cccc2n1CCN. The summed E-state index contributed by atoms with van der Waals surface area (Å²) in [6, 6.07) is 5.43. The van der Waals surface area contributed by atoms with E-state index in [4.69, 9.17) is 5.73 Å². The van der Waals surface area contributed by atoms with E-state index >= 15 is 0 Å². The fourth-order valence-electron chi connectivity index (χ4n) is 1.83. The number of nitrogens with two attached hydrogens (primary N) is 1. The first kappa shape index (κ1) is 9.98. The maximum absolute atomic E-state index is 9.67. The van der Waals surface area contributed by atoms with Crippen LogP contribution in [0.2, 0.25) is 0 Å². The molecule has 3 N–H and O–H groups in total. The van der Waals surface area contributed by atoms with Crippen LogP contribution in [0.5, 0.6) is 5.75 Å². The molecule has 2 rings (SSSR count). The second-order valence-electron chi connectivity index (χ2n) is 3.47. The van der Waals surface area contributed by atoms with E-state index in [1.54, 1.807) is 6.07 Å². The Kier molecular flexibility index (Phi) is 2.60. The molecule has 0 spiro atoms. The minimum Gasteiger partial charge on any atom is -0.506 e. The van der Waals surface area contributed by atoms with Gasteiger partial charge in [-0.05, 0) is 12.1 Å². The van der Waals surface area contributed by atoms with Gasteiger partial charge in [0.15, 0.2) is 0 Å². The molecule has 80 valence electrons.